The molecule has 1 aliphatic heterocycles. The smallest absolute Gasteiger partial charge is 0.329 e. The predicted molar refractivity (Wildman–Crippen MR) is 114 cm³/mol. The number of thiocarbonyl (C=S) groups is 1. The van der Waals surface area contributed by atoms with Gasteiger partial charge in [0.1, 0.15) is 10.5 Å². The summed E-state index contributed by atoms with van der Waals surface area (Å²) >= 11 is 6.80. The maximum absolute atomic E-state index is 12.9. The van der Waals surface area contributed by atoms with Gasteiger partial charge in [-0.1, -0.05) is 60.4 Å². The number of hydrogen-bond donors (Lipinski definition) is 2. The van der Waals surface area contributed by atoms with E-state index in [-0.39, 0.29) is 5.69 Å². The summed E-state index contributed by atoms with van der Waals surface area (Å²) in [4.78, 5) is 14.4. The number of alkyl halides is 3. The van der Waals surface area contributed by atoms with Gasteiger partial charge in [-0.05, 0) is 37.6 Å². The average molecular weight is 456 g/mol. The summed E-state index contributed by atoms with van der Waals surface area (Å²) in [7, 11) is 0. The molecule has 0 aliphatic carbocycles. The second-order valence-electron chi connectivity index (χ2n) is 7.31. The Morgan fingerprint density at radius 1 is 1.23 bits per heavy atom. The van der Waals surface area contributed by atoms with Gasteiger partial charge in [0.25, 0.3) is 0 Å². The molecule has 1 heterocycles. The highest BCUT2D eigenvalue weighted by Crippen LogP contribution is 2.43. The average Bonchev–Trinajstić information content (AvgIpc) is 2.89. The molecular weight excluding hydrogens is 435 g/mol. The van der Waals surface area contributed by atoms with Crippen LogP contribution in [0.5, 0.6) is 0 Å². The van der Waals surface area contributed by atoms with Crippen LogP contribution in [-0.4, -0.2) is 36.4 Å². The number of nitrogens with one attached hydrogen (secondary N) is 1. The van der Waals surface area contributed by atoms with Gasteiger partial charge in [0.15, 0.2) is 0 Å². The van der Waals surface area contributed by atoms with Crippen LogP contribution in [0.3, 0.4) is 0 Å². The highest BCUT2D eigenvalue weighted by Gasteiger charge is 2.49. The second kappa shape index (κ2) is 8.44. The fourth-order valence-electron chi connectivity index (χ4n) is 3.23. The van der Waals surface area contributed by atoms with Crippen molar-refractivity contribution in [1.82, 2.24) is 9.96 Å². The molecule has 0 saturated carbocycles. The normalized spacial score (nSPS) is 18.4. The first-order valence-corrected chi connectivity index (χ1v) is 10.2. The van der Waals surface area contributed by atoms with Crippen molar-refractivity contribution in [1.29, 1.82) is 0 Å². The van der Waals surface area contributed by atoms with Crippen LogP contribution in [0.15, 0.2) is 54.6 Å². The number of thioether (sulfide) groups is 1. The van der Waals surface area contributed by atoms with Gasteiger partial charge in [-0.3, -0.25) is 5.21 Å². The summed E-state index contributed by atoms with van der Waals surface area (Å²) in [6, 6.07) is 12.7. The molecule has 30 heavy (non-hydrogen) atoms. The number of hydrogen-bond acceptors (Lipinski definition) is 4. The van der Waals surface area contributed by atoms with E-state index in [0.29, 0.717) is 15.9 Å². The van der Waals surface area contributed by atoms with E-state index in [1.165, 1.54) is 23.9 Å². The number of halogens is 3. The number of anilines is 1. The predicted octanol–water partition coefficient (Wildman–Crippen LogP) is 5.57. The van der Waals surface area contributed by atoms with Crippen molar-refractivity contribution in [2.24, 2.45) is 0 Å². The summed E-state index contributed by atoms with van der Waals surface area (Å²) in [6.07, 6.45) is -5.36. The first kappa shape index (κ1) is 22.4. The molecule has 0 unspecified atom stereocenters. The Morgan fingerprint density at radius 2 is 1.90 bits per heavy atom. The molecular formula is C20H20F3N3O2S2. The maximum atomic E-state index is 12.9. The first-order valence-electron chi connectivity index (χ1n) is 8.99. The van der Waals surface area contributed by atoms with Crippen molar-refractivity contribution in [3.63, 3.8) is 0 Å². The standard InChI is InChI=1S/C20H20F3N3O2S2/c1-19(2)16(25(18(29)30-19)12-13-7-4-3-5-8-13)26(28)17(27)24-15-10-6-9-14(11-15)20(21,22)23/h3-11,16,28H,12H2,1-2H3,(H,24,27)/t16-/m0/s1. The number of nitrogens with zero attached hydrogens (tertiary/aromatic N) is 2. The van der Waals surface area contributed by atoms with E-state index in [2.05, 4.69) is 5.32 Å². The van der Waals surface area contributed by atoms with Crippen LogP contribution in [0.4, 0.5) is 23.7 Å². The van der Waals surface area contributed by atoms with Gasteiger partial charge in [0.05, 0.1) is 10.3 Å². The quantitative estimate of drug-likeness (QED) is 0.359. The highest BCUT2D eigenvalue weighted by atomic mass is 32.2. The number of amides is 2. The number of benzene rings is 2. The molecule has 2 amide bonds. The number of carbonyl (C=O) groups excluding carboxylic acids is 1. The summed E-state index contributed by atoms with van der Waals surface area (Å²) < 4.78 is 38.6. The van der Waals surface area contributed by atoms with Gasteiger partial charge < -0.3 is 10.2 Å². The van der Waals surface area contributed by atoms with Gasteiger partial charge in [-0.15, -0.1) is 0 Å². The highest BCUT2D eigenvalue weighted by molar-refractivity contribution is 8.24. The third kappa shape index (κ3) is 4.88. The Labute approximate surface area is 181 Å². The van der Waals surface area contributed by atoms with E-state index in [1.54, 1.807) is 4.90 Å². The minimum atomic E-state index is -4.54. The van der Waals surface area contributed by atoms with Crippen molar-refractivity contribution in [2.75, 3.05) is 5.32 Å². The van der Waals surface area contributed by atoms with E-state index in [9.17, 15) is 23.2 Å². The van der Waals surface area contributed by atoms with Crippen molar-refractivity contribution in [2.45, 2.75) is 37.5 Å². The van der Waals surface area contributed by atoms with E-state index >= 15 is 0 Å². The fraction of sp³-hybridized carbons (Fsp3) is 0.300. The zero-order valence-electron chi connectivity index (χ0n) is 16.2. The van der Waals surface area contributed by atoms with Crippen molar-refractivity contribution < 1.29 is 23.2 Å². The molecule has 1 saturated heterocycles. The molecule has 0 bridgehead atoms. The molecule has 0 aromatic heterocycles. The monoisotopic (exact) mass is 455 g/mol. The molecule has 2 aromatic rings. The molecule has 10 heteroatoms. The van der Waals surface area contributed by atoms with E-state index in [0.717, 1.165) is 17.7 Å². The van der Waals surface area contributed by atoms with Gasteiger partial charge in [0, 0.05) is 12.2 Å². The van der Waals surface area contributed by atoms with Crippen molar-refractivity contribution in [3.8, 4) is 0 Å². The van der Waals surface area contributed by atoms with Crippen LogP contribution in [0, 0.1) is 0 Å². The molecule has 3 rings (SSSR count). The Balaban J connectivity index is 1.81. The van der Waals surface area contributed by atoms with E-state index in [4.69, 9.17) is 12.2 Å². The lowest BCUT2D eigenvalue weighted by Crippen LogP contribution is -2.55. The van der Waals surface area contributed by atoms with Crippen LogP contribution in [-0.2, 0) is 12.7 Å². The lowest BCUT2D eigenvalue weighted by atomic mass is 10.1. The largest absolute Gasteiger partial charge is 0.416 e. The molecule has 0 radical (unpaired) electrons. The fourth-order valence-corrected chi connectivity index (χ4v) is 5.11. The van der Waals surface area contributed by atoms with Crippen LogP contribution in [0.2, 0.25) is 0 Å². The van der Waals surface area contributed by atoms with Crippen LogP contribution < -0.4 is 5.32 Å². The lowest BCUT2D eigenvalue weighted by Gasteiger charge is -2.37. The van der Waals surface area contributed by atoms with Gasteiger partial charge in [-0.2, -0.15) is 18.2 Å². The first-order chi connectivity index (χ1) is 14.0. The van der Waals surface area contributed by atoms with E-state index < -0.39 is 28.7 Å². The maximum Gasteiger partial charge on any atom is 0.416 e. The molecule has 5 nitrogen and oxygen atoms in total. The summed E-state index contributed by atoms with van der Waals surface area (Å²) in [6.45, 7) is 4.04. The second-order valence-corrected chi connectivity index (χ2v) is 9.60. The lowest BCUT2D eigenvalue weighted by molar-refractivity contribution is -0.137. The van der Waals surface area contributed by atoms with Crippen molar-refractivity contribution in [3.05, 3.63) is 65.7 Å². The van der Waals surface area contributed by atoms with Crippen LogP contribution >= 0.6 is 24.0 Å². The summed E-state index contributed by atoms with van der Waals surface area (Å²) in [5.41, 5.74) is -0.0298. The molecule has 160 valence electrons. The molecule has 1 aliphatic rings. The van der Waals surface area contributed by atoms with Crippen LogP contribution in [0.25, 0.3) is 0 Å². The SMILES string of the molecule is CC1(C)SC(=S)N(Cc2ccccc2)[C@H]1N(O)C(=O)Nc1cccc(C(F)(F)F)c1. The number of hydroxylamine groups is 2. The molecule has 2 aromatic carbocycles. The van der Waals surface area contributed by atoms with Gasteiger partial charge in [0.2, 0.25) is 0 Å². The third-order valence-electron chi connectivity index (χ3n) is 4.58. The Hall–Kier alpha value is -2.30. The van der Waals surface area contributed by atoms with Crippen LogP contribution in [0.1, 0.15) is 25.0 Å². The molecule has 1 atom stereocenters. The Bertz CT molecular complexity index is 938. The molecule has 0 spiro atoms. The Kier molecular flexibility index (Phi) is 6.30. The summed E-state index contributed by atoms with van der Waals surface area (Å²) in [5.74, 6) is 0. The molecule has 2 N–H and O–H groups in total. The van der Waals surface area contributed by atoms with Crippen molar-refractivity contribution >= 4 is 40.0 Å². The third-order valence-corrected chi connectivity index (χ3v) is 6.21. The van der Waals surface area contributed by atoms with Gasteiger partial charge in [-0.25, -0.2) is 4.79 Å². The number of urea groups is 1. The van der Waals surface area contributed by atoms with E-state index in [1.807, 2.05) is 44.2 Å². The zero-order valence-corrected chi connectivity index (χ0v) is 17.8. The summed E-state index contributed by atoms with van der Waals surface area (Å²) in [5, 5.41) is 13.5. The zero-order chi connectivity index (χ0) is 22.1. The topological polar surface area (TPSA) is 55.8 Å². The number of rotatable bonds is 4. The number of carbonyl (C=O) groups is 1. The van der Waals surface area contributed by atoms with Gasteiger partial charge >= 0.3 is 12.2 Å². The minimum Gasteiger partial charge on any atom is -0.329 e. The molecule has 1 fully saturated rings. The minimum absolute atomic E-state index is 0.0745. The Morgan fingerprint density at radius 3 is 2.53 bits per heavy atom.